The van der Waals surface area contributed by atoms with E-state index in [0.29, 0.717) is 37.4 Å². The van der Waals surface area contributed by atoms with Crippen LogP contribution < -0.4 is 10.1 Å². The van der Waals surface area contributed by atoms with Crippen LogP contribution >= 0.6 is 0 Å². The monoisotopic (exact) mass is 400 g/mol. The number of halogens is 1. The Morgan fingerprint density at radius 1 is 1.28 bits per heavy atom. The average Bonchev–Trinajstić information content (AvgIpc) is 2.84. The number of amides is 2. The predicted molar refractivity (Wildman–Crippen MR) is 107 cm³/mol. The number of carbonyl (C=O) groups excluding carboxylic acids is 2. The van der Waals surface area contributed by atoms with Crippen LogP contribution in [0.1, 0.15) is 24.5 Å². The number of fused-ring (bicyclic) bond motifs is 1. The van der Waals surface area contributed by atoms with E-state index >= 15 is 0 Å². The van der Waals surface area contributed by atoms with Crippen LogP contribution in [0.15, 0.2) is 42.5 Å². The number of carbonyl (C=O) groups is 2. The molecule has 1 aliphatic heterocycles. The maximum atomic E-state index is 13.1. The summed E-state index contributed by atoms with van der Waals surface area (Å²) in [6.45, 7) is 2.74. The van der Waals surface area contributed by atoms with Crippen LogP contribution in [0.5, 0.6) is 5.75 Å². The van der Waals surface area contributed by atoms with Gasteiger partial charge in [-0.05, 0) is 48.7 Å². The minimum Gasteiger partial charge on any atom is -0.480 e. The summed E-state index contributed by atoms with van der Waals surface area (Å²) in [6, 6.07) is 11.6. The van der Waals surface area contributed by atoms with Crippen molar-refractivity contribution in [3.63, 3.8) is 0 Å². The highest BCUT2D eigenvalue weighted by molar-refractivity contribution is 5.92. The fraction of sp³-hybridized carbons (Fsp3) is 0.364. The van der Waals surface area contributed by atoms with Gasteiger partial charge in [0.25, 0.3) is 5.91 Å². The van der Waals surface area contributed by atoms with Crippen LogP contribution in [0, 0.1) is 5.82 Å². The van der Waals surface area contributed by atoms with Crippen LogP contribution in [-0.2, 0) is 27.3 Å². The van der Waals surface area contributed by atoms with E-state index in [9.17, 15) is 14.0 Å². The molecule has 1 heterocycles. The van der Waals surface area contributed by atoms with Gasteiger partial charge in [0, 0.05) is 31.5 Å². The molecule has 0 bridgehead atoms. The quantitative estimate of drug-likeness (QED) is 0.775. The van der Waals surface area contributed by atoms with Crippen LogP contribution in [-0.4, -0.2) is 43.1 Å². The molecule has 0 saturated carbocycles. The Labute approximate surface area is 169 Å². The number of rotatable bonds is 7. The largest absolute Gasteiger partial charge is 0.480 e. The highest BCUT2D eigenvalue weighted by atomic mass is 19.1. The molecule has 0 radical (unpaired) electrons. The standard InChI is InChI=1S/C22H25FN2O4/c1-3-19-22(27)25(11-10-15-4-6-17(23)7-5-15)13-16-12-18(8-9-20(16)29-19)24-21(26)14-28-2/h4-9,12,19H,3,10-11,13-14H2,1-2H3,(H,24,26)/t19-/m1/s1. The second-order valence-corrected chi connectivity index (χ2v) is 6.95. The number of benzene rings is 2. The zero-order valence-corrected chi connectivity index (χ0v) is 16.6. The molecule has 0 saturated heterocycles. The van der Waals surface area contributed by atoms with E-state index < -0.39 is 6.10 Å². The van der Waals surface area contributed by atoms with Crippen LogP contribution in [0.4, 0.5) is 10.1 Å². The third-order valence-corrected chi connectivity index (χ3v) is 4.79. The molecule has 29 heavy (non-hydrogen) atoms. The minimum absolute atomic E-state index is 0.0340. The zero-order chi connectivity index (χ0) is 20.8. The summed E-state index contributed by atoms with van der Waals surface area (Å²) in [6.07, 6.45) is 0.609. The van der Waals surface area contributed by atoms with Gasteiger partial charge < -0.3 is 19.7 Å². The van der Waals surface area contributed by atoms with E-state index in [-0.39, 0.29) is 24.2 Å². The maximum absolute atomic E-state index is 13.1. The number of methoxy groups -OCH3 is 1. The molecule has 2 amide bonds. The van der Waals surface area contributed by atoms with Crippen LogP contribution in [0.2, 0.25) is 0 Å². The summed E-state index contributed by atoms with van der Waals surface area (Å²) in [4.78, 5) is 26.5. The van der Waals surface area contributed by atoms with Gasteiger partial charge in [0.15, 0.2) is 6.10 Å². The van der Waals surface area contributed by atoms with Crippen molar-refractivity contribution >= 4 is 17.5 Å². The minimum atomic E-state index is -0.557. The van der Waals surface area contributed by atoms with E-state index in [1.807, 2.05) is 13.0 Å². The Morgan fingerprint density at radius 2 is 2.03 bits per heavy atom. The summed E-state index contributed by atoms with van der Waals surface area (Å²) in [7, 11) is 1.46. The third kappa shape index (κ3) is 5.32. The van der Waals surface area contributed by atoms with Crippen molar-refractivity contribution in [3.05, 3.63) is 59.4 Å². The number of nitrogens with zero attached hydrogens (tertiary/aromatic N) is 1. The van der Waals surface area contributed by atoms with Crippen molar-refractivity contribution in [2.45, 2.75) is 32.4 Å². The van der Waals surface area contributed by atoms with Gasteiger partial charge >= 0.3 is 0 Å². The molecule has 1 atom stereocenters. The Bertz CT molecular complexity index is 870. The molecule has 1 N–H and O–H groups in total. The highest BCUT2D eigenvalue weighted by Crippen LogP contribution is 2.29. The molecular weight excluding hydrogens is 375 g/mol. The molecule has 2 aromatic carbocycles. The van der Waals surface area contributed by atoms with Gasteiger partial charge in [-0.2, -0.15) is 0 Å². The van der Waals surface area contributed by atoms with Crippen molar-refractivity contribution in [2.75, 3.05) is 25.6 Å². The molecule has 0 aromatic heterocycles. The molecule has 7 heteroatoms. The van der Waals surface area contributed by atoms with E-state index in [4.69, 9.17) is 9.47 Å². The molecule has 2 aromatic rings. The Kier molecular flexibility index (Phi) is 6.82. The first-order valence-electron chi connectivity index (χ1n) is 9.61. The molecule has 0 spiro atoms. The number of hydrogen-bond acceptors (Lipinski definition) is 4. The topological polar surface area (TPSA) is 67.9 Å². The van der Waals surface area contributed by atoms with Crippen molar-refractivity contribution < 1.29 is 23.5 Å². The lowest BCUT2D eigenvalue weighted by atomic mass is 10.1. The average molecular weight is 400 g/mol. The van der Waals surface area contributed by atoms with Crippen molar-refractivity contribution in [1.29, 1.82) is 0 Å². The number of ether oxygens (including phenoxy) is 2. The van der Waals surface area contributed by atoms with E-state index in [0.717, 1.165) is 11.1 Å². The van der Waals surface area contributed by atoms with Crippen molar-refractivity contribution in [3.8, 4) is 5.75 Å². The molecular formula is C22H25FN2O4. The summed E-state index contributed by atoms with van der Waals surface area (Å²) in [5.41, 5.74) is 2.40. The molecule has 6 nitrogen and oxygen atoms in total. The highest BCUT2D eigenvalue weighted by Gasteiger charge is 2.29. The number of nitrogens with one attached hydrogen (secondary N) is 1. The SMILES string of the molecule is CC[C@H]1Oc2ccc(NC(=O)COC)cc2CN(CCc2ccc(F)cc2)C1=O. The molecule has 0 aliphatic carbocycles. The zero-order valence-electron chi connectivity index (χ0n) is 16.6. The molecule has 3 rings (SSSR count). The van der Waals surface area contributed by atoms with Gasteiger partial charge in [0.2, 0.25) is 5.91 Å². The smallest absolute Gasteiger partial charge is 0.263 e. The first kappa shape index (κ1) is 20.8. The van der Waals surface area contributed by atoms with Crippen LogP contribution in [0.3, 0.4) is 0 Å². The van der Waals surface area contributed by atoms with Gasteiger partial charge in [0.05, 0.1) is 0 Å². The normalized spacial score (nSPS) is 16.0. The third-order valence-electron chi connectivity index (χ3n) is 4.79. The Hall–Kier alpha value is -2.93. The van der Waals surface area contributed by atoms with Crippen LogP contribution in [0.25, 0.3) is 0 Å². The summed E-state index contributed by atoms with van der Waals surface area (Å²) in [5, 5.41) is 2.77. The maximum Gasteiger partial charge on any atom is 0.263 e. The molecule has 0 fully saturated rings. The lowest BCUT2D eigenvalue weighted by Gasteiger charge is -2.23. The summed E-state index contributed by atoms with van der Waals surface area (Å²) in [5.74, 6) is 0.0312. The van der Waals surface area contributed by atoms with Crippen molar-refractivity contribution in [1.82, 2.24) is 4.90 Å². The van der Waals surface area contributed by atoms with Gasteiger partial charge in [-0.3, -0.25) is 9.59 Å². The fourth-order valence-electron chi connectivity index (χ4n) is 3.28. The van der Waals surface area contributed by atoms with E-state index in [1.54, 1.807) is 29.2 Å². The van der Waals surface area contributed by atoms with Gasteiger partial charge in [-0.15, -0.1) is 0 Å². The molecule has 154 valence electrons. The van der Waals surface area contributed by atoms with E-state index in [1.165, 1.54) is 19.2 Å². The molecule has 1 aliphatic rings. The second-order valence-electron chi connectivity index (χ2n) is 6.95. The second kappa shape index (κ2) is 9.52. The number of anilines is 1. The van der Waals surface area contributed by atoms with Crippen molar-refractivity contribution in [2.24, 2.45) is 0 Å². The number of hydrogen-bond donors (Lipinski definition) is 1. The first-order valence-corrected chi connectivity index (χ1v) is 9.61. The lowest BCUT2D eigenvalue weighted by Crippen LogP contribution is -2.40. The predicted octanol–water partition coefficient (Wildman–Crippen LogP) is 3.15. The first-order chi connectivity index (χ1) is 14.0. The fourth-order valence-corrected chi connectivity index (χ4v) is 3.28. The Balaban J connectivity index is 1.78. The van der Waals surface area contributed by atoms with Gasteiger partial charge in [-0.25, -0.2) is 4.39 Å². The Morgan fingerprint density at radius 3 is 2.72 bits per heavy atom. The summed E-state index contributed by atoms with van der Waals surface area (Å²) < 4.78 is 23.9. The lowest BCUT2D eigenvalue weighted by molar-refractivity contribution is -0.138. The van der Waals surface area contributed by atoms with Gasteiger partial charge in [0.1, 0.15) is 18.2 Å². The summed E-state index contributed by atoms with van der Waals surface area (Å²) >= 11 is 0. The van der Waals surface area contributed by atoms with Gasteiger partial charge in [-0.1, -0.05) is 19.1 Å². The van der Waals surface area contributed by atoms with E-state index in [2.05, 4.69) is 5.32 Å². The molecule has 0 unspecified atom stereocenters.